The first-order valence-electron chi connectivity index (χ1n) is 6.40. The summed E-state index contributed by atoms with van der Waals surface area (Å²) in [6, 6.07) is 7.00. The SMILES string of the molecule is CCOC(=O)c1cnn(-c2nc3ccccc3c(=O)[nH]2)c1. The standard InChI is InChI=1S/C14H12N4O3/c1-2-21-13(20)9-7-15-18(8-9)14-16-11-6-4-3-5-10(11)12(19)17-14/h3-8H,2H2,1H3,(H,16,17,19). The molecule has 0 fully saturated rings. The van der Waals surface area contributed by atoms with Crippen molar-refractivity contribution in [1.29, 1.82) is 0 Å². The van der Waals surface area contributed by atoms with Crippen LogP contribution in [0.2, 0.25) is 0 Å². The summed E-state index contributed by atoms with van der Waals surface area (Å²) >= 11 is 0. The Kier molecular flexibility index (Phi) is 3.23. The van der Waals surface area contributed by atoms with Crippen molar-refractivity contribution in [2.75, 3.05) is 6.61 Å². The molecule has 0 amide bonds. The van der Waals surface area contributed by atoms with Crippen molar-refractivity contribution in [2.24, 2.45) is 0 Å². The van der Waals surface area contributed by atoms with Crippen LogP contribution in [0, 0.1) is 0 Å². The van der Waals surface area contributed by atoms with E-state index in [2.05, 4.69) is 15.1 Å². The predicted octanol–water partition coefficient (Wildman–Crippen LogP) is 1.29. The summed E-state index contributed by atoms with van der Waals surface area (Å²) in [7, 11) is 0. The zero-order valence-electron chi connectivity index (χ0n) is 11.2. The number of carbonyl (C=O) groups excluding carboxylic acids is 1. The second-order valence-electron chi connectivity index (χ2n) is 4.30. The van der Waals surface area contributed by atoms with Crippen LogP contribution in [-0.2, 0) is 4.74 Å². The van der Waals surface area contributed by atoms with E-state index in [0.29, 0.717) is 16.5 Å². The minimum absolute atomic E-state index is 0.245. The van der Waals surface area contributed by atoms with Crippen LogP contribution in [0.1, 0.15) is 17.3 Å². The molecule has 2 aromatic heterocycles. The smallest absolute Gasteiger partial charge is 0.341 e. The van der Waals surface area contributed by atoms with Crippen LogP contribution >= 0.6 is 0 Å². The average Bonchev–Trinajstić information content (AvgIpc) is 2.97. The monoisotopic (exact) mass is 284 g/mol. The van der Waals surface area contributed by atoms with Gasteiger partial charge in [0.25, 0.3) is 5.56 Å². The van der Waals surface area contributed by atoms with E-state index in [4.69, 9.17) is 4.74 Å². The predicted molar refractivity (Wildman–Crippen MR) is 75.4 cm³/mol. The molecule has 1 N–H and O–H groups in total. The second-order valence-corrected chi connectivity index (χ2v) is 4.30. The van der Waals surface area contributed by atoms with Gasteiger partial charge in [0.05, 0.1) is 29.3 Å². The van der Waals surface area contributed by atoms with Gasteiger partial charge in [-0.3, -0.25) is 9.78 Å². The molecule has 7 nitrogen and oxygen atoms in total. The van der Waals surface area contributed by atoms with Crippen LogP contribution in [0.4, 0.5) is 0 Å². The third kappa shape index (κ3) is 2.40. The molecule has 0 atom stereocenters. The van der Waals surface area contributed by atoms with Crippen molar-refractivity contribution in [2.45, 2.75) is 6.92 Å². The molecule has 0 unspecified atom stereocenters. The lowest BCUT2D eigenvalue weighted by Crippen LogP contribution is -2.13. The summed E-state index contributed by atoms with van der Waals surface area (Å²) < 4.78 is 6.22. The van der Waals surface area contributed by atoms with Crippen molar-refractivity contribution in [3.05, 3.63) is 52.6 Å². The largest absolute Gasteiger partial charge is 0.462 e. The van der Waals surface area contributed by atoms with Gasteiger partial charge in [0.1, 0.15) is 0 Å². The molecule has 0 aliphatic carbocycles. The van der Waals surface area contributed by atoms with Gasteiger partial charge in [-0.2, -0.15) is 5.10 Å². The van der Waals surface area contributed by atoms with Crippen LogP contribution in [0.3, 0.4) is 0 Å². The maximum Gasteiger partial charge on any atom is 0.341 e. The summed E-state index contributed by atoms with van der Waals surface area (Å²) in [5.41, 5.74) is 0.598. The Labute approximate surface area is 119 Å². The third-order valence-corrected chi connectivity index (χ3v) is 2.91. The van der Waals surface area contributed by atoms with Crippen LogP contribution < -0.4 is 5.56 Å². The first-order chi connectivity index (χ1) is 10.2. The molecule has 1 aromatic carbocycles. The molecule has 21 heavy (non-hydrogen) atoms. The fraction of sp³-hybridized carbons (Fsp3) is 0.143. The zero-order valence-corrected chi connectivity index (χ0v) is 11.2. The Hall–Kier alpha value is -2.96. The highest BCUT2D eigenvalue weighted by atomic mass is 16.5. The molecule has 0 radical (unpaired) electrons. The zero-order chi connectivity index (χ0) is 14.8. The topological polar surface area (TPSA) is 89.9 Å². The quantitative estimate of drug-likeness (QED) is 0.732. The first-order valence-corrected chi connectivity index (χ1v) is 6.40. The number of esters is 1. The van der Waals surface area contributed by atoms with E-state index >= 15 is 0 Å². The Balaban J connectivity index is 2.05. The number of fused-ring (bicyclic) bond motifs is 1. The molecule has 3 rings (SSSR count). The molecule has 106 valence electrons. The highest BCUT2D eigenvalue weighted by Crippen LogP contribution is 2.09. The van der Waals surface area contributed by atoms with E-state index in [1.54, 1.807) is 31.2 Å². The molecule has 3 aromatic rings. The number of H-pyrrole nitrogens is 1. The molecule has 0 spiro atoms. The Morgan fingerprint density at radius 2 is 2.19 bits per heavy atom. The van der Waals surface area contributed by atoms with Gasteiger partial charge >= 0.3 is 5.97 Å². The lowest BCUT2D eigenvalue weighted by atomic mass is 10.2. The number of ether oxygens (including phenoxy) is 1. The van der Waals surface area contributed by atoms with E-state index in [0.717, 1.165) is 0 Å². The van der Waals surface area contributed by atoms with Gasteiger partial charge in [-0.15, -0.1) is 0 Å². The summed E-state index contributed by atoms with van der Waals surface area (Å²) in [4.78, 5) is 30.5. The molecule has 2 heterocycles. The molecule has 0 aliphatic heterocycles. The van der Waals surface area contributed by atoms with Crippen molar-refractivity contribution in [1.82, 2.24) is 19.7 Å². The molecule has 0 saturated carbocycles. The summed E-state index contributed by atoms with van der Waals surface area (Å²) in [5, 5.41) is 4.52. The number of benzene rings is 1. The molecule has 0 aliphatic rings. The number of hydrogen-bond acceptors (Lipinski definition) is 5. The minimum Gasteiger partial charge on any atom is -0.462 e. The number of aromatic nitrogens is 4. The van der Waals surface area contributed by atoms with Crippen molar-refractivity contribution >= 4 is 16.9 Å². The number of rotatable bonds is 3. The van der Waals surface area contributed by atoms with E-state index in [-0.39, 0.29) is 18.1 Å². The van der Waals surface area contributed by atoms with Gasteiger partial charge in [-0.25, -0.2) is 14.5 Å². The van der Waals surface area contributed by atoms with Crippen molar-refractivity contribution < 1.29 is 9.53 Å². The number of nitrogens with zero attached hydrogens (tertiary/aromatic N) is 3. The number of carbonyl (C=O) groups is 1. The molecule has 0 saturated heterocycles. The normalized spacial score (nSPS) is 10.7. The minimum atomic E-state index is -0.466. The lowest BCUT2D eigenvalue weighted by molar-refractivity contribution is 0.0526. The van der Waals surface area contributed by atoms with Crippen molar-refractivity contribution in [3.8, 4) is 5.95 Å². The Morgan fingerprint density at radius 1 is 1.38 bits per heavy atom. The van der Waals surface area contributed by atoms with E-state index in [1.165, 1.54) is 17.1 Å². The van der Waals surface area contributed by atoms with Crippen molar-refractivity contribution in [3.63, 3.8) is 0 Å². The van der Waals surface area contributed by atoms with Gasteiger partial charge in [-0.05, 0) is 19.1 Å². The summed E-state index contributed by atoms with van der Waals surface area (Å²) in [5.74, 6) is -0.221. The van der Waals surface area contributed by atoms with E-state index < -0.39 is 5.97 Å². The van der Waals surface area contributed by atoms with Gasteiger partial charge in [0.15, 0.2) is 0 Å². The Morgan fingerprint density at radius 3 is 3.00 bits per heavy atom. The summed E-state index contributed by atoms with van der Waals surface area (Å²) in [6.07, 6.45) is 2.83. The Bertz CT molecular complexity index is 866. The van der Waals surface area contributed by atoms with Crippen LogP contribution in [-0.4, -0.2) is 32.3 Å². The van der Waals surface area contributed by atoms with Gasteiger partial charge < -0.3 is 4.74 Å². The second kappa shape index (κ2) is 5.20. The highest BCUT2D eigenvalue weighted by Gasteiger charge is 2.12. The third-order valence-electron chi connectivity index (χ3n) is 2.91. The van der Waals surface area contributed by atoms with Crippen LogP contribution in [0.15, 0.2) is 41.5 Å². The molecule has 0 bridgehead atoms. The molecule has 7 heteroatoms. The fourth-order valence-corrected chi connectivity index (χ4v) is 1.94. The van der Waals surface area contributed by atoms with Crippen LogP contribution in [0.25, 0.3) is 16.9 Å². The number of nitrogens with one attached hydrogen (secondary N) is 1. The maximum absolute atomic E-state index is 12.0. The number of para-hydroxylation sites is 1. The highest BCUT2D eigenvalue weighted by molar-refractivity contribution is 5.88. The first kappa shape index (κ1) is 13.0. The van der Waals surface area contributed by atoms with Gasteiger partial charge in [0, 0.05) is 6.20 Å². The van der Waals surface area contributed by atoms with Gasteiger partial charge in [0.2, 0.25) is 5.95 Å². The fourth-order valence-electron chi connectivity index (χ4n) is 1.94. The van der Waals surface area contributed by atoms with Crippen LogP contribution in [0.5, 0.6) is 0 Å². The molecular formula is C14H12N4O3. The van der Waals surface area contributed by atoms with E-state index in [1.807, 2.05) is 0 Å². The average molecular weight is 284 g/mol. The molecular weight excluding hydrogens is 272 g/mol. The van der Waals surface area contributed by atoms with E-state index in [9.17, 15) is 9.59 Å². The summed E-state index contributed by atoms with van der Waals surface area (Å²) in [6.45, 7) is 2.01. The maximum atomic E-state index is 12.0. The lowest BCUT2D eigenvalue weighted by Gasteiger charge is -2.02. The number of hydrogen-bond donors (Lipinski definition) is 1. The number of aromatic amines is 1. The van der Waals surface area contributed by atoms with Gasteiger partial charge in [-0.1, -0.05) is 12.1 Å².